The number of carbonyl (C=O) groups is 1. The lowest BCUT2D eigenvalue weighted by molar-refractivity contribution is -0.139. The van der Waals surface area contributed by atoms with Crippen LogP contribution >= 0.6 is 11.3 Å². The molecule has 2 rings (SSSR count). The molecule has 2 aromatic rings. The van der Waals surface area contributed by atoms with E-state index >= 15 is 0 Å². The topological polar surface area (TPSA) is 62.1 Å². The number of hydrogen-bond donors (Lipinski definition) is 1. The second-order valence-electron chi connectivity index (χ2n) is 4.53. The van der Waals surface area contributed by atoms with Crippen LogP contribution in [0, 0.1) is 11.3 Å². The van der Waals surface area contributed by atoms with Crippen molar-refractivity contribution in [1.29, 1.82) is 5.26 Å². The first kappa shape index (κ1) is 15.2. The molecule has 0 unspecified atom stereocenters. The summed E-state index contributed by atoms with van der Waals surface area (Å²) < 4.78 is 4.65. The van der Waals surface area contributed by atoms with Crippen LogP contribution in [-0.2, 0) is 29.0 Å². The Balaban J connectivity index is 1.80. The molecule has 0 aliphatic heterocycles. The first-order chi connectivity index (χ1) is 10.2. The van der Waals surface area contributed by atoms with Crippen molar-refractivity contribution in [2.24, 2.45) is 0 Å². The Morgan fingerprint density at radius 3 is 2.57 bits per heavy atom. The minimum atomic E-state index is -0.214. The first-order valence-corrected chi connectivity index (χ1v) is 7.37. The second kappa shape index (κ2) is 7.58. The van der Waals surface area contributed by atoms with Gasteiger partial charge in [0.2, 0.25) is 0 Å². The Labute approximate surface area is 128 Å². The van der Waals surface area contributed by atoms with Crippen LogP contribution < -0.4 is 5.32 Å². The van der Waals surface area contributed by atoms with E-state index in [2.05, 4.69) is 16.1 Å². The number of benzene rings is 1. The van der Waals surface area contributed by atoms with Gasteiger partial charge in [0, 0.05) is 22.8 Å². The van der Waals surface area contributed by atoms with Crippen molar-refractivity contribution in [3.8, 4) is 6.07 Å². The average molecular weight is 300 g/mol. The van der Waals surface area contributed by atoms with Gasteiger partial charge in [-0.2, -0.15) is 5.26 Å². The van der Waals surface area contributed by atoms with Gasteiger partial charge < -0.3 is 10.1 Å². The zero-order valence-corrected chi connectivity index (χ0v) is 12.6. The molecule has 0 radical (unpaired) electrons. The van der Waals surface area contributed by atoms with Crippen LogP contribution in [0.3, 0.4) is 0 Å². The molecule has 0 saturated heterocycles. The van der Waals surface area contributed by atoms with E-state index < -0.39 is 0 Å². The summed E-state index contributed by atoms with van der Waals surface area (Å²) in [6.45, 7) is 1.50. The fourth-order valence-electron chi connectivity index (χ4n) is 1.85. The Morgan fingerprint density at radius 2 is 1.90 bits per heavy atom. The van der Waals surface area contributed by atoms with Gasteiger partial charge >= 0.3 is 5.97 Å². The Bertz CT molecular complexity index is 641. The van der Waals surface area contributed by atoms with Crippen molar-refractivity contribution in [2.75, 3.05) is 7.11 Å². The van der Waals surface area contributed by atoms with E-state index in [9.17, 15) is 4.79 Å². The normalized spacial score (nSPS) is 10.1. The van der Waals surface area contributed by atoms with Crippen molar-refractivity contribution < 1.29 is 9.53 Å². The van der Waals surface area contributed by atoms with Gasteiger partial charge in [0.1, 0.15) is 0 Å². The SMILES string of the molecule is COC(=O)Cc1ccc(CNCc2ccc(C#N)cc2)s1. The van der Waals surface area contributed by atoms with E-state index in [1.54, 1.807) is 11.3 Å². The van der Waals surface area contributed by atoms with Gasteiger partial charge in [0.15, 0.2) is 0 Å². The molecule has 1 aromatic heterocycles. The van der Waals surface area contributed by atoms with Gasteiger partial charge in [-0.05, 0) is 29.8 Å². The molecule has 0 aliphatic carbocycles. The zero-order valence-electron chi connectivity index (χ0n) is 11.8. The van der Waals surface area contributed by atoms with Gasteiger partial charge in [-0.3, -0.25) is 4.79 Å². The smallest absolute Gasteiger partial charge is 0.310 e. The predicted octanol–water partition coefficient (Wildman–Crippen LogP) is 2.63. The highest BCUT2D eigenvalue weighted by atomic mass is 32.1. The molecule has 5 heteroatoms. The highest BCUT2D eigenvalue weighted by molar-refractivity contribution is 7.12. The van der Waals surface area contributed by atoms with Crippen LogP contribution in [0.25, 0.3) is 0 Å². The molecule has 21 heavy (non-hydrogen) atoms. The lowest BCUT2D eigenvalue weighted by Gasteiger charge is -2.03. The van der Waals surface area contributed by atoms with Crippen LogP contribution in [0.2, 0.25) is 0 Å². The Hall–Kier alpha value is -2.16. The fraction of sp³-hybridized carbons (Fsp3) is 0.250. The highest BCUT2D eigenvalue weighted by Crippen LogP contribution is 2.17. The van der Waals surface area contributed by atoms with E-state index in [0.717, 1.165) is 23.5 Å². The average Bonchev–Trinajstić information content (AvgIpc) is 2.95. The molecular weight excluding hydrogens is 284 g/mol. The molecule has 0 atom stereocenters. The summed E-state index contributed by atoms with van der Waals surface area (Å²) in [5.74, 6) is -0.214. The highest BCUT2D eigenvalue weighted by Gasteiger charge is 2.06. The summed E-state index contributed by atoms with van der Waals surface area (Å²) in [6, 6.07) is 13.6. The van der Waals surface area contributed by atoms with Gasteiger partial charge in [-0.15, -0.1) is 11.3 Å². The van der Waals surface area contributed by atoms with Crippen LogP contribution in [0.5, 0.6) is 0 Å². The molecule has 4 nitrogen and oxygen atoms in total. The second-order valence-corrected chi connectivity index (χ2v) is 5.79. The summed E-state index contributed by atoms with van der Waals surface area (Å²) in [5, 5.41) is 12.1. The fourth-order valence-corrected chi connectivity index (χ4v) is 2.83. The van der Waals surface area contributed by atoms with E-state index in [-0.39, 0.29) is 5.97 Å². The van der Waals surface area contributed by atoms with E-state index in [1.165, 1.54) is 12.0 Å². The minimum Gasteiger partial charge on any atom is -0.469 e. The molecule has 0 saturated carbocycles. The molecule has 0 fully saturated rings. The summed E-state index contributed by atoms with van der Waals surface area (Å²) in [5.41, 5.74) is 1.81. The number of nitriles is 1. The molecule has 1 aromatic carbocycles. The standard InChI is InChI=1S/C16H16N2O2S/c1-20-16(19)8-14-6-7-15(21-14)11-18-10-13-4-2-12(9-17)3-5-13/h2-7,18H,8,10-11H2,1H3. The summed E-state index contributed by atoms with van der Waals surface area (Å²) >= 11 is 1.61. The summed E-state index contributed by atoms with van der Waals surface area (Å²) in [6.07, 6.45) is 0.330. The van der Waals surface area contributed by atoms with Crippen LogP contribution in [0.1, 0.15) is 20.9 Å². The Morgan fingerprint density at radius 1 is 1.19 bits per heavy atom. The molecule has 1 heterocycles. The van der Waals surface area contributed by atoms with Gasteiger partial charge in [-0.1, -0.05) is 12.1 Å². The number of nitrogens with zero attached hydrogens (tertiary/aromatic N) is 1. The molecule has 0 aliphatic rings. The van der Waals surface area contributed by atoms with Crippen molar-refractivity contribution in [3.05, 3.63) is 57.3 Å². The van der Waals surface area contributed by atoms with Crippen molar-refractivity contribution >= 4 is 17.3 Å². The quantitative estimate of drug-likeness (QED) is 0.833. The summed E-state index contributed by atoms with van der Waals surface area (Å²) in [7, 11) is 1.40. The maximum Gasteiger partial charge on any atom is 0.310 e. The van der Waals surface area contributed by atoms with Crippen molar-refractivity contribution in [2.45, 2.75) is 19.5 Å². The summed E-state index contributed by atoms with van der Waals surface area (Å²) in [4.78, 5) is 13.4. The van der Waals surface area contributed by atoms with Crippen molar-refractivity contribution in [1.82, 2.24) is 5.32 Å². The third kappa shape index (κ3) is 4.71. The largest absolute Gasteiger partial charge is 0.469 e. The van der Waals surface area contributed by atoms with Crippen LogP contribution in [0.15, 0.2) is 36.4 Å². The van der Waals surface area contributed by atoms with E-state index in [1.807, 2.05) is 36.4 Å². The van der Waals surface area contributed by atoms with Crippen LogP contribution in [0.4, 0.5) is 0 Å². The molecule has 0 spiro atoms. The number of hydrogen-bond acceptors (Lipinski definition) is 5. The molecule has 0 amide bonds. The molecule has 108 valence electrons. The Kier molecular flexibility index (Phi) is 5.50. The number of esters is 1. The van der Waals surface area contributed by atoms with Gasteiger partial charge in [-0.25, -0.2) is 0 Å². The number of methoxy groups -OCH3 is 1. The first-order valence-electron chi connectivity index (χ1n) is 6.55. The van der Waals surface area contributed by atoms with Gasteiger partial charge in [0.05, 0.1) is 25.2 Å². The third-order valence-electron chi connectivity index (χ3n) is 2.97. The minimum absolute atomic E-state index is 0.214. The predicted molar refractivity (Wildman–Crippen MR) is 81.7 cm³/mol. The maximum atomic E-state index is 11.2. The monoisotopic (exact) mass is 300 g/mol. The third-order valence-corrected chi connectivity index (χ3v) is 4.06. The van der Waals surface area contributed by atoms with E-state index in [4.69, 9.17) is 5.26 Å². The number of rotatable bonds is 6. The lowest BCUT2D eigenvalue weighted by Crippen LogP contribution is -2.11. The zero-order chi connectivity index (χ0) is 15.1. The van der Waals surface area contributed by atoms with Crippen molar-refractivity contribution in [3.63, 3.8) is 0 Å². The molecular formula is C16H16N2O2S. The van der Waals surface area contributed by atoms with Crippen LogP contribution in [-0.4, -0.2) is 13.1 Å². The lowest BCUT2D eigenvalue weighted by atomic mass is 10.1. The molecule has 1 N–H and O–H groups in total. The maximum absolute atomic E-state index is 11.2. The van der Waals surface area contributed by atoms with E-state index in [0.29, 0.717) is 12.0 Å². The number of ether oxygens (including phenoxy) is 1. The number of thiophene rings is 1. The van der Waals surface area contributed by atoms with Gasteiger partial charge in [0.25, 0.3) is 0 Å². The number of carbonyl (C=O) groups excluding carboxylic acids is 1. The molecule has 0 bridgehead atoms. The number of nitrogens with one attached hydrogen (secondary N) is 1.